The minimum atomic E-state index is -4.90. The van der Waals surface area contributed by atoms with E-state index in [0.29, 0.717) is 0 Å². The molecule has 0 radical (unpaired) electrons. The van der Waals surface area contributed by atoms with Gasteiger partial charge in [0, 0.05) is 4.47 Å². The molecule has 1 aromatic carbocycles. The molecule has 0 bridgehead atoms. The van der Waals surface area contributed by atoms with Gasteiger partial charge in [-0.15, -0.1) is 13.2 Å². The molecule has 78 valence electrons. The lowest BCUT2D eigenvalue weighted by molar-refractivity contribution is -0.275. The summed E-state index contributed by atoms with van der Waals surface area (Å²) in [5.41, 5.74) is 0. The molecule has 7 heteroatoms. The van der Waals surface area contributed by atoms with Crippen LogP contribution in [-0.2, 0) is 0 Å². The SMILES string of the molecule is Fc1c(Br)cc(Br)cc1OC(F)(F)F. The Morgan fingerprint density at radius 1 is 1.14 bits per heavy atom. The third-order valence-electron chi connectivity index (χ3n) is 1.19. The van der Waals surface area contributed by atoms with Crippen LogP contribution < -0.4 is 4.74 Å². The molecule has 0 unspecified atom stereocenters. The minimum Gasteiger partial charge on any atom is -0.403 e. The van der Waals surface area contributed by atoms with Gasteiger partial charge in [0.1, 0.15) is 0 Å². The Kier molecular flexibility index (Phi) is 3.41. The Balaban J connectivity index is 3.09. The molecule has 1 nitrogen and oxygen atoms in total. The average molecular weight is 338 g/mol. The molecule has 0 N–H and O–H groups in total. The highest BCUT2D eigenvalue weighted by Crippen LogP contribution is 2.33. The van der Waals surface area contributed by atoms with Gasteiger partial charge in [-0.25, -0.2) is 4.39 Å². The van der Waals surface area contributed by atoms with E-state index in [1.54, 1.807) is 0 Å². The van der Waals surface area contributed by atoms with Gasteiger partial charge in [-0.05, 0) is 28.1 Å². The Bertz CT molecular complexity index is 350. The first-order valence-corrected chi connectivity index (χ1v) is 4.78. The van der Waals surface area contributed by atoms with Gasteiger partial charge in [0.15, 0.2) is 11.6 Å². The van der Waals surface area contributed by atoms with Crippen LogP contribution >= 0.6 is 31.9 Å². The maximum atomic E-state index is 13.0. The van der Waals surface area contributed by atoms with Gasteiger partial charge in [-0.2, -0.15) is 0 Å². The lowest BCUT2D eigenvalue weighted by Crippen LogP contribution is -2.18. The van der Waals surface area contributed by atoms with Crippen molar-refractivity contribution >= 4 is 31.9 Å². The zero-order chi connectivity index (χ0) is 10.9. The van der Waals surface area contributed by atoms with E-state index in [0.717, 1.165) is 6.07 Å². The molecule has 0 aliphatic heterocycles. The van der Waals surface area contributed by atoms with Crippen molar-refractivity contribution in [2.24, 2.45) is 0 Å². The molecule has 1 rings (SSSR count). The van der Waals surface area contributed by atoms with E-state index in [1.165, 1.54) is 6.07 Å². The van der Waals surface area contributed by atoms with Crippen LogP contribution in [0, 0.1) is 5.82 Å². The van der Waals surface area contributed by atoms with Crippen molar-refractivity contribution < 1.29 is 22.3 Å². The molecule has 0 aromatic heterocycles. The number of hydrogen-bond acceptors (Lipinski definition) is 1. The number of benzene rings is 1. The van der Waals surface area contributed by atoms with Gasteiger partial charge in [0.05, 0.1) is 4.47 Å². The number of halogens is 6. The smallest absolute Gasteiger partial charge is 0.403 e. The van der Waals surface area contributed by atoms with Crippen molar-refractivity contribution in [1.29, 1.82) is 0 Å². The van der Waals surface area contributed by atoms with Crippen molar-refractivity contribution in [2.45, 2.75) is 6.36 Å². The van der Waals surface area contributed by atoms with Gasteiger partial charge >= 0.3 is 6.36 Å². The zero-order valence-corrected chi connectivity index (χ0v) is 9.50. The Morgan fingerprint density at radius 3 is 2.21 bits per heavy atom. The molecular weight excluding hydrogens is 336 g/mol. The first-order valence-electron chi connectivity index (χ1n) is 3.20. The van der Waals surface area contributed by atoms with Crippen molar-refractivity contribution in [3.63, 3.8) is 0 Å². The van der Waals surface area contributed by atoms with Crippen molar-refractivity contribution in [3.8, 4) is 5.75 Å². The predicted molar refractivity (Wildman–Crippen MR) is 48.5 cm³/mol. The van der Waals surface area contributed by atoms with Crippen LogP contribution in [0.1, 0.15) is 0 Å². The lowest BCUT2D eigenvalue weighted by atomic mass is 10.3. The normalized spacial score (nSPS) is 11.6. The summed E-state index contributed by atoms with van der Waals surface area (Å²) < 4.78 is 52.0. The van der Waals surface area contributed by atoms with Crippen molar-refractivity contribution in [1.82, 2.24) is 0 Å². The average Bonchev–Trinajstić information content (AvgIpc) is 1.96. The summed E-state index contributed by atoms with van der Waals surface area (Å²) in [5, 5.41) is 0. The van der Waals surface area contributed by atoms with Crippen LogP contribution in [0.25, 0.3) is 0 Å². The molecule has 0 spiro atoms. The third kappa shape index (κ3) is 3.13. The Morgan fingerprint density at radius 2 is 1.71 bits per heavy atom. The molecule has 14 heavy (non-hydrogen) atoms. The topological polar surface area (TPSA) is 9.23 Å². The Labute approximate surface area is 93.3 Å². The number of ether oxygens (including phenoxy) is 1. The first-order chi connectivity index (χ1) is 6.29. The van der Waals surface area contributed by atoms with Crippen molar-refractivity contribution in [2.75, 3.05) is 0 Å². The predicted octanol–water partition coefficient (Wildman–Crippen LogP) is 4.25. The molecule has 0 amide bonds. The Hall–Kier alpha value is -0.300. The highest BCUT2D eigenvalue weighted by molar-refractivity contribution is 9.11. The van der Waals surface area contributed by atoms with Gasteiger partial charge in [-0.1, -0.05) is 15.9 Å². The number of rotatable bonds is 1. The second kappa shape index (κ2) is 4.06. The molecule has 0 fully saturated rings. The van der Waals surface area contributed by atoms with E-state index < -0.39 is 17.9 Å². The quantitative estimate of drug-likeness (QED) is 0.550. The summed E-state index contributed by atoms with van der Waals surface area (Å²) in [7, 11) is 0. The largest absolute Gasteiger partial charge is 0.573 e. The van der Waals surface area contributed by atoms with E-state index in [9.17, 15) is 17.6 Å². The third-order valence-corrected chi connectivity index (χ3v) is 2.22. The van der Waals surface area contributed by atoms with Gasteiger partial charge in [-0.3, -0.25) is 0 Å². The second-order valence-electron chi connectivity index (χ2n) is 2.25. The van der Waals surface area contributed by atoms with Crippen LogP contribution in [0.3, 0.4) is 0 Å². The molecule has 1 aromatic rings. The van der Waals surface area contributed by atoms with E-state index in [2.05, 4.69) is 36.6 Å². The lowest BCUT2D eigenvalue weighted by Gasteiger charge is -2.10. The molecule has 0 saturated heterocycles. The summed E-state index contributed by atoms with van der Waals surface area (Å²) in [5.74, 6) is -1.97. The van der Waals surface area contributed by atoms with Gasteiger partial charge in [0.2, 0.25) is 0 Å². The van der Waals surface area contributed by atoms with Crippen molar-refractivity contribution in [3.05, 3.63) is 26.9 Å². The zero-order valence-electron chi connectivity index (χ0n) is 6.33. The number of alkyl halides is 3. The molecule has 0 saturated carbocycles. The summed E-state index contributed by atoms with van der Waals surface area (Å²) in [6.07, 6.45) is -4.90. The van der Waals surface area contributed by atoms with Crippen LogP contribution in [0.2, 0.25) is 0 Å². The maximum absolute atomic E-state index is 13.0. The molecule has 0 heterocycles. The van der Waals surface area contributed by atoms with Crippen LogP contribution in [-0.4, -0.2) is 6.36 Å². The summed E-state index contributed by atoms with van der Waals surface area (Å²) in [6.45, 7) is 0. The van der Waals surface area contributed by atoms with Crippen LogP contribution in [0.5, 0.6) is 5.75 Å². The molecular formula is C7H2Br2F4O. The fourth-order valence-corrected chi connectivity index (χ4v) is 1.92. The minimum absolute atomic E-state index is 0.105. The monoisotopic (exact) mass is 336 g/mol. The summed E-state index contributed by atoms with van der Waals surface area (Å²) in [6, 6.07) is 2.17. The van der Waals surface area contributed by atoms with E-state index >= 15 is 0 Å². The highest BCUT2D eigenvalue weighted by Gasteiger charge is 2.32. The molecule has 0 aliphatic carbocycles. The fraction of sp³-hybridized carbons (Fsp3) is 0.143. The molecule has 0 aliphatic rings. The summed E-state index contributed by atoms with van der Waals surface area (Å²) >= 11 is 5.66. The fourth-order valence-electron chi connectivity index (χ4n) is 0.731. The standard InChI is InChI=1S/C7H2Br2F4O/c8-3-1-4(9)6(10)5(2-3)14-7(11,12)13/h1-2H. The first kappa shape index (κ1) is 11.8. The van der Waals surface area contributed by atoms with E-state index in [-0.39, 0.29) is 8.95 Å². The van der Waals surface area contributed by atoms with E-state index in [1.807, 2.05) is 0 Å². The van der Waals surface area contributed by atoms with E-state index in [4.69, 9.17) is 0 Å². The second-order valence-corrected chi connectivity index (χ2v) is 4.02. The van der Waals surface area contributed by atoms with Gasteiger partial charge < -0.3 is 4.74 Å². The highest BCUT2D eigenvalue weighted by atomic mass is 79.9. The maximum Gasteiger partial charge on any atom is 0.573 e. The number of hydrogen-bond donors (Lipinski definition) is 0. The van der Waals surface area contributed by atoms with Crippen LogP contribution in [0.15, 0.2) is 21.1 Å². The summed E-state index contributed by atoms with van der Waals surface area (Å²) in [4.78, 5) is 0. The van der Waals surface area contributed by atoms with Crippen LogP contribution in [0.4, 0.5) is 17.6 Å². The van der Waals surface area contributed by atoms with Gasteiger partial charge in [0.25, 0.3) is 0 Å². The molecule has 0 atom stereocenters.